The Hall–Kier alpha value is 0. The molecule has 0 heterocycles. The van der Waals surface area contributed by atoms with Crippen LogP contribution >= 0.6 is 0 Å². The highest BCUT2D eigenvalue weighted by Crippen LogP contribution is 2.68. The highest BCUT2D eigenvalue weighted by Gasteiger charge is 2.59. The van der Waals surface area contributed by atoms with Gasteiger partial charge in [-0.05, 0) is 103 Å². The maximum absolute atomic E-state index is 2.63. The van der Waals surface area contributed by atoms with Crippen LogP contribution in [0.3, 0.4) is 0 Å². The average molecular weight is 373 g/mol. The lowest BCUT2D eigenvalue weighted by molar-refractivity contribution is -0.0733. The zero-order chi connectivity index (χ0) is 19.4. The minimum atomic E-state index is 0.559. The molecule has 0 aromatic carbocycles. The topological polar surface area (TPSA) is 0 Å². The third kappa shape index (κ3) is 3.54. The van der Waals surface area contributed by atoms with Crippen molar-refractivity contribution in [3.63, 3.8) is 0 Å². The summed E-state index contributed by atoms with van der Waals surface area (Å²) < 4.78 is 0. The third-order valence-electron chi connectivity index (χ3n) is 10.6. The van der Waals surface area contributed by atoms with Crippen molar-refractivity contribution in [2.45, 2.75) is 119 Å². The number of hydrogen-bond acceptors (Lipinski definition) is 0. The van der Waals surface area contributed by atoms with Gasteiger partial charge in [0.2, 0.25) is 0 Å². The maximum atomic E-state index is 2.63. The Morgan fingerprint density at radius 1 is 0.556 bits per heavy atom. The monoisotopic (exact) mass is 372 g/mol. The Bertz CT molecular complexity index is 488. The van der Waals surface area contributed by atoms with Crippen LogP contribution in [0, 0.1) is 51.8 Å². The highest BCUT2D eigenvalue weighted by molar-refractivity contribution is 5.09. The normalized spacial score (nSPS) is 49.6. The second kappa shape index (κ2) is 7.05. The molecule has 0 aromatic heterocycles. The van der Waals surface area contributed by atoms with Crippen molar-refractivity contribution in [3.05, 3.63) is 0 Å². The first-order valence-electron chi connectivity index (χ1n) is 12.6. The Balaban J connectivity index is 1.63. The van der Waals surface area contributed by atoms with Gasteiger partial charge in [0.15, 0.2) is 0 Å². The van der Waals surface area contributed by atoms with Gasteiger partial charge in [-0.25, -0.2) is 0 Å². The molecule has 156 valence electrons. The number of rotatable bonds is 2. The fourth-order valence-electron chi connectivity index (χ4n) is 9.22. The SMILES string of the molecule is CC1CCC(C2(C3CCC(C)CC3)CCC3C(C2)C(C)(C)CC3(C)C)CC1. The Morgan fingerprint density at radius 3 is 1.48 bits per heavy atom. The fourth-order valence-corrected chi connectivity index (χ4v) is 9.22. The van der Waals surface area contributed by atoms with Gasteiger partial charge in [-0.3, -0.25) is 0 Å². The molecule has 0 aliphatic heterocycles. The standard InChI is InChI=1S/C27H48/c1-19-7-11-21(12-8-19)27(22-13-9-20(2)10-14-22)16-15-23-24(17-27)26(5,6)18-25(23,3)4/h19-24H,7-18H2,1-6H3. The van der Waals surface area contributed by atoms with E-state index in [1.54, 1.807) is 44.9 Å². The number of hydrogen-bond donors (Lipinski definition) is 0. The average Bonchev–Trinajstić information content (AvgIpc) is 2.80. The van der Waals surface area contributed by atoms with Gasteiger partial charge in [0.1, 0.15) is 0 Å². The summed E-state index contributed by atoms with van der Waals surface area (Å²) in [5.74, 6) is 6.05. The fraction of sp³-hybridized carbons (Fsp3) is 1.00. The van der Waals surface area contributed by atoms with E-state index in [2.05, 4.69) is 41.5 Å². The van der Waals surface area contributed by atoms with E-state index in [1.807, 2.05) is 0 Å². The van der Waals surface area contributed by atoms with Crippen LogP contribution in [0.25, 0.3) is 0 Å². The lowest BCUT2D eigenvalue weighted by atomic mass is 9.48. The predicted molar refractivity (Wildman–Crippen MR) is 118 cm³/mol. The molecule has 4 rings (SSSR count). The number of fused-ring (bicyclic) bond motifs is 1. The van der Waals surface area contributed by atoms with Crippen LogP contribution in [-0.2, 0) is 0 Å². The van der Waals surface area contributed by atoms with Gasteiger partial charge in [-0.15, -0.1) is 0 Å². The summed E-state index contributed by atoms with van der Waals surface area (Å²) in [5, 5.41) is 0. The molecule has 4 aliphatic carbocycles. The van der Waals surface area contributed by atoms with Gasteiger partial charge >= 0.3 is 0 Å². The lowest BCUT2D eigenvalue weighted by Gasteiger charge is -2.57. The Morgan fingerprint density at radius 2 is 1.00 bits per heavy atom. The van der Waals surface area contributed by atoms with Crippen molar-refractivity contribution in [1.29, 1.82) is 0 Å². The molecule has 0 spiro atoms. The molecule has 0 radical (unpaired) electrons. The van der Waals surface area contributed by atoms with Crippen LogP contribution < -0.4 is 0 Å². The molecule has 0 amide bonds. The molecule has 4 saturated carbocycles. The zero-order valence-corrected chi connectivity index (χ0v) is 19.4. The summed E-state index contributed by atoms with van der Waals surface area (Å²) >= 11 is 0. The van der Waals surface area contributed by atoms with E-state index in [0.29, 0.717) is 16.2 Å². The minimum Gasteiger partial charge on any atom is -0.0625 e. The molecule has 2 atom stereocenters. The van der Waals surface area contributed by atoms with E-state index in [1.165, 1.54) is 32.1 Å². The van der Waals surface area contributed by atoms with Crippen molar-refractivity contribution < 1.29 is 0 Å². The molecule has 2 unspecified atom stereocenters. The molecule has 4 aliphatic rings. The molecule has 0 heteroatoms. The predicted octanol–water partition coefficient (Wildman–Crippen LogP) is 8.50. The summed E-state index contributed by atoms with van der Waals surface area (Å²) in [6, 6.07) is 0. The van der Waals surface area contributed by atoms with Crippen LogP contribution in [-0.4, -0.2) is 0 Å². The van der Waals surface area contributed by atoms with Crippen LogP contribution in [0.4, 0.5) is 0 Å². The van der Waals surface area contributed by atoms with E-state index in [-0.39, 0.29) is 0 Å². The van der Waals surface area contributed by atoms with Gasteiger partial charge in [-0.1, -0.05) is 67.2 Å². The van der Waals surface area contributed by atoms with Gasteiger partial charge < -0.3 is 0 Å². The van der Waals surface area contributed by atoms with Crippen LogP contribution in [0.2, 0.25) is 0 Å². The summed E-state index contributed by atoms with van der Waals surface area (Å²) in [5.41, 5.74) is 1.84. The van der Waals surface area contributed by atoms with Crippen molar-refractivity contribution >= 4 is 0 Å². The van der Waals surface area contributed by atoms with Crippen molar-refractivity contribution in [2.24, 2.45) is 51.8 Å². The molecule has 0 saturated heterocycles. The van der Waals surface area contributed by atoms with Gasteiger partial charge in [-0.2, -0.15) is 0 Å². The smallest absolute Gasteiger partial charge is 0.0238 e. The van der Waals surface area contributed by atoms with Crippen LogP contribution in [0.5, 0.6) is 0 Å². The van der Waals surface area contributed by atoms with Crippen LogP contribution in [0.1, 0.15) is 119 Å². The molecule has 0 bridgehead atoms. The van der Waals surface area contributed by atoms with Crippen molar-refractivity contribution in [1.82, 2.24) is 0 Å². The molecule has 27 heavy (non-hydrogen) atoms. The second-order valence-corrected chi connectivity index (χ2v) is 13.3. The maximum Gasteiger partial charge on any atom is -0.0238 e. The lowest BCUT2D eigenvalue weighted by Crippen LogP contribution is -2.48. The van der Waals surface area contributed by atoms with Crippen LogP contribution in [0.15, 0.2) is 0 Å². The van der Waals surface area contributed by atoms with Crippen molar-refractivity contribution in [2.75, 3.05) is 0 Å². The first-order chi connectivity index (χ1) is 12.6. The molecule has 4 fully saturated rings. The summed E-state index contributed by atoms with van der Waals surface area (Å²) in [6.07, 6.45) is 18.4. The molecule has 0 nitrogen and oxygen atoms in total. The first-order valence-corrected chi connectivity index (χ1v) is 12.6. The zero-order valence-electron chi connectivity index (χ0n) is 19.4. The van der Waals surface area contributed by atoms with E-state index >= 15 is 0 Å². The Labute approximate surface area is 170 Å². The largest absolute Gasteiger partial charge is 0.0625 e. The molecular formula is C27H48. The second-order valence-electron chi connectivity index (χ2n) is 13.3. The molecule has 0 aromatic rings. The van der Waals surface area contributed by atoms with Crippen molar-refractivity contribution in [3.8, 4) is 0 Å². The third-order valence-corrected chi connectivity index (χ3v) is 10.6. The minimum absolute atomic E-state index is 0.559. The Kier molecular flexibility index (Phi) is 5.30. The molecule has 0 N–H and O–H groups in total. The van der Waals surface area contributed by atoms with Gasteiger partial charge in [0.25, 0.3) is 0 Å². The summed E-state index contributed by atoms with van der Waals surface area (Å²) in [6.45, 7) is 15.5. The van der Waals surface area contributed by atoms with E-state index in [0.717, 1.165) is 35.5 Å². The van der Waals surface area contributed by atoms with Gasteiger partial charge in [0, 0.05) is 0 Å². The molecular weight excluding hydrogens is 324 g/mol. The van der Waals surface area contributed by atoms with E-state index in [9.17, 15) is 0 Å². The summed E-state index contributed by atoms with van der Waals surface area (Å²) in [4.78, 5) is 0. The summed E-state index contributed by atoms with van der Waals surface area (Å²) in [7, 11) is 0. The first kappa shape index (κ1) is 20.3. The van der Waals surface area contributed by atoms with E-state index in [4.69, 9.17) is 0 Å². The quantitative estimate of drug-likeness (QED) is 0.455. The highest BCUT2D eigenvalue weighted by atomic mass is 14.6. The van der Waals surface area contributed by atoms with E-state index < -0.39 is 0 Å². The van der Waals surface area contributed by atoms with Gasteiger partial charge in [0.05, 0.1) is 0 Å².